The molecule has 5 rings (SSSR count). The molecule has 0 radical (unpaired) electrons. The number of fused-ring (bicyclic) bond motifs is 1. The lowest BCUT2D eigenvalue weighted by Crippen LogP contribution is -2.54. The van der Waals surface area contributed by atoms with E-state index < -0.39 is 17.6 Å². The summed E-state index contributed by atoms with van der Waals surface area (Å²) in [6, 6.07) is 12.0. The van der Waals surface area contributed by atoms with Crippen LogP contribution >= 0.6 is 11.6 Å². The van der Waals surface area contributed by atoms with Gasteiger partial charge in [0.25, 0.3) is 0 Å². The van der Waals surface area contributed by atoms with Crippen molar-refractivity contribution in [3.05, 3.63) is 88.1 Å². The lowest BCUT2D eigenvalue weighted by atomic mass is 10.1. The van der Waals surface area contributed by atoms with Crippen LogP contribution in [0, 0.1) is 5.82 Å². The smallest absolute Gasteiger partial charge is 0.355 e. The number of benzene rings is 2. The van der Waals surface area contributed by atoms with E-state index in [1.807, 2.05) is 11.8 Å². The fourth-order valence-corrected chi connectivity index (χ4v) is 5.36. The highest BCUT2D eigenvalue weighted by atomic mass is 35.5. The number of nitrogens with zero attached hydrogens (tertiary/aromatic N) is 5. The molecule has 1 amide bonds. The van der Waals surface area contributed by atoms with Gasteiger partial charge < -0.3 is 20.0 Å². The first-order valence-electron chi connectivity index (χ1n) is 12.7. The van der Waals surface area contributed by atoms with Crippen LogP contribution in [-0.2, 0) is 4.79 Å². The van der Waals surface area contributed by atoms with Crippen molar-refractivity contribution in [2.24, 2.45) is 0 Å². The maximum absolute atomic E-state index is 14.9. The summed E-state index contributed by atoms with van der Waals surface area (Å²) in [5.41, 5.74) is -0.0238. The van der Waals surface area contributed by atoms with Crippen LogP contribution in [0.3, 0.4) is 0 Å². The Morgan fingerprint density at radius 3 is 2.62 bits per heavy atom. The molecule has 1 aliphatic heterocycles. The number of aromatic nitrogens is 3. The molecule has 9 nitrogen and oxygen atoms in total. The third-order valence-corrected chi connectivity index (χ3v) is 7.33. The van der Waals surface area contributed by atoms with Gasteiger partial charge >= 0.3 is 5.69 Å². The fraction of sp³-hybridized carbons (Fsp3) is 0.241. The zero-order valence-electron chi connectivity index (χ0n) is 21.9. The highest BCUT2D eigenvalue weighted by Crippen LogP contribution is 2.39. The predicted octanol–water partition coefficient (Wildman–Crippen LogP) is 4.22. The predicted molar refractivity (Wildman–Crippen MR) is 151 cm³/mol. The van der Waals surface area contributed by atoms with E-state index in [1.165, 1.54) is 28.8 Å². The van der Waals surface area contributed by atoms with E-state index in [4.69, 9.17) is 11.6 Å². The molecule has 1 saturated heterocycles. The van der Waals surface area contributed by atoms with Crippen LogP contribution in [0.4, 0.5) is 10.2 Å². The minimum absolute atomic E-state index is 0.0399. The molecule has 2 aromatic heterocycles. The van der Waals surface area contributed by atoms with Gasteiger partial charge in [0.1, 0.15) is 17.4 Å². The number of hydrogen-bond donors (Lipinski definition) is 2. The molecule has 3 heterocycles. The number of pyridine rings is 1. The highest BCUT2D eigenvalue weighted by molar-refractivity contribution is 6.34. The van der Waals surface area contributed by atoms with Gasteiger partial charge in [-0.05, 0) is 44.2 Å². The average Bonchev–Trinajstić information content (AvgIpc) is 2.92. The second-order valence-corrected chi connectivity index (χ2v) is 10.1. The Balaban J connectivity index is 1.80. The van der Waals surface area contributed by atoms with Gasteiger partial charge in [0, 0.05) is 31.2 Å². The molecule has 2 atom stereocenters. The van der Waals surface area contributed by atoms with E-state index in [9.17, 15) is 24.2 Å². The highest BCUT2D eigenvalue weighted by Gasteiger charge is 2.30. The minimum Gasteiger partial charge on any atom is -0.507 e. The van der Waals surface area contributed by atoms with Gasteiger partial charge in [-0.15, -0.1) is 0 Å². The summed E-state index contributed by atoms with van der Waals surface area (Å²) in [6.45, 7) is 8.18. The number of carbonyl (C=O) groups is 1. The summed E-state index contributed by atoms with van der Waals surface area (Å²) in [5, 5.41) is 21.4. The first kappa shape index (κ1) is 27.3. The summed E-state index contributed by atoms with van der Waals surface area (Å²) < 4.78 is 16.2. The monoisotopic (exact) mass is 563 g/mol. The number of phenols is 1. The summed E-state index contributed by atoms with van der Waals surface area (Å²) in [6.07, 6.45) is 0.343. The largest absolute Gasteiger partial charge is 0.507 e. The number of para-hydroxylation sites is 1. The summed E-state index contributed by atoms with van der Waals surface area (Å²) in [5.74, 6) is -0.980. The third kappa shape index (κ3) is 4.69. The van der Waals surface area contributed by atoms with E-state index in [0.717, 1.165) is 0 Å². The molecule has 11 heteroatoms. The number of aromatic hydroxyl groups is 1. The normalized spacial score (nSPS) is 16.3. The molecule has 1 unspecified atom stereocenters. The standard InChI is InChI=1S/C29H27ClFN5O4/c1-4-24(39)34-12-13-35(16(2)15-34)27-19-14-20(30)26(25-21(31)9-7-11-23(25)38)32-28(19)36(29(40)33-27)22-10-6-5-8-18(22)17(3)37/h4-11,14,16-17,37-38H,1,12-13,15H2,2-3H3/t16-,17?/m0/s1. The molecule has 4 aromatic rings. The Morgan fingerprint density at radius 1 is 1.20 bits per heavy atom. The number of carbonyl (C=O) groups excluding carboxylic acids is 1. The van der Waals surface area contributed by atoms with Crippen LogP contribution < -0.4 is 10.6 Å². The minimum atomic E-state index is -0.921. The Morgan fingerprint density at radius 2 is 1.95 bits per heavy atom. The number of piperazine rings is 1. The van der Waals surface area contributed by atoms with Crippen LogP contribution in [0.2, 0.25) is 5.02 Å². The van der Waals surface area contributed by atoms with Crippen molar-refractivity contribution in [2.75, 3.05) is 24.5 Å². The molecular weight excluding hydrogens is 537 g/mol. The van der Waals surface area contributed by atoms with Crippen molar-refractivity contribution in [2.45, 2.75) is 26.0 Å². The third-order valence-electron chi connectivity index (χ3n) is 7.04. The van der Waals surface area contributed by atoms with Crippen LogP contribution in [0.5, 0.6) is 5.75 Å². The average molecular weight is 564 g/mol. The Kier molecular flexibility index (Phi) is 7.31. The van der Waals surface area contributed by atoms with E-state index in [-0.39, 0.29) is 39.6 Å². The molecule has 0 aliphatic carbocycles. The van der Waals surface area contributed by atoms with Crippen LogP contribution in [-0.4, -0.2) is 61.2 Å². The number of rotatable bonds is 5. The molecular formula is C29H27ClFN5O4. The van der Waals surface area contributed by atoms with Gasteiger partial charge in [-0.1, -0.05) is 42.4 Å². The number of anilines is 1. The van der Waals surface area contributed by atoms with Gasteiger partial charge in [0.2, 0.25) is 5.91 Å². The zero-order chi connectivity index (χ0) is 28.7. The first-order chi connectivity index (χ1) is 19.1. The molecule has 0 spiro atoms. The summed E-state index contributed by atoms with van der Waals surface area (Å²) in [7, 11) is 0. The fourth-order valence-electron chi connectivity index (χ4n) is 5.11. The summed E-state index contributed by atoms with van der Waals surface area (Å²) in [4.78, 5) is 38.6. The van der Waals surface area contributed by atoms with Crippen molar-refractivity contribution < 1.29 is 19.4 Å². The lowest BCUT2D eigenvalue weighted by Gasteiger charge is -2.40. The molecule has 0 bridgehead atoms. The van der Waals surface area contributed by atoms with Crippen molar-refractivity contribution in [3.8, 4) is 22.7 Å². The van der Waals surface area contributed by atoms with Crippen molar-refractivity contribution in [3.63, 3.8) is 0 Å². The van der Waals surface area contributed by atoms with Gasteiger partial charge in [0.15, 0.2) is 5.65 Å². The second-order valence-electron chi connectivity index (χ2n) is 9.64. The Hall–Kier alpha value is -4.28. The van der Waals surface area contributed by atoms with Crippen molar-refractivity contribution >= 4 is 34.4 Å². The van der Waals surface area contributed by atoms with E-state index in [1.54, 1.807) is 42.2 Å². The van der Waals surface area contributed by atoms with Gasteiger partial charge in [0.05, 0.1) is 33.5 Å². The van der Waals surface area contributed by atoms with E-state index in [0.29, 0.717) is 42.1 Å². The number of aliphatic hydroxyl groups excluding tert-OH is 1. The molecule has 206 valence electrons. The molecule has 1 fully saturated rings. The number of hydrogen-bond acceptors (Lipinski definition) is 7. The van der Waals surface area contributed by atoms with Gasteiger partial charge in [-0.3, -0.25) is 4.79 Å². The van der Waals surface area contributed by atoms with Crippen LogP contribution in [0.1, 0.15) is 25.5 Å². The topological polar surface area (TPSA) is 112 Å². The van der Waals surface area contributed by atoms with Crippen molar-refractivity contribution in [1.29, 1.82) is 0 Å². The number of phenolic OH excluding ortho intramolecular Hbond substituents is 1. The first-order valence-corrected chi connectivity index (χ1v) is 13.1. The van der Waals surface area contributed by atoms with Crippen molar-refractivity contribution in [1.82, 2.24) is 19.4 Å². The van der Waals surface area contributed by atoms with E-state index in [2.05, 4.69) is 16.5 Å². The Bertz CT molecular complexity index is 1690. The maximum Gasteiger partial charge on any atom is 0.355 e. The van der Waals surface area contributed by atoms with E-state index >= 15 is 0 Å². The SMILES string of the molecule is C=CC(=O)N1CCN(c2nc(=O)n(-c3ccccc3C(C)O)c3nc(-c4c(O)cccc4F)c(Cl)cc23)[C@@H](C)C1. The number of amides is 1. The number of aliphatic hydroxyl groups is 1. The quantitative estimate of drug-likeness (QED) is 0.350. The summed E-state index contributed by atoms with van der Waals surface area (Å²) >= 11 is 6.65. The van der Waals surface area contributed by atoms with Crippen LogP contribution in [0.15, 0.2) is 66.0 Å². The molecule has 1 aliphatic rings. The molecule has 2 N–H and O–H groups in total. The van der Waals surface area contributed by atoms with Gasteiger partial charge in [-0.2, -0.15) is 4.98 Å². The Labute approximate surface area is 234 Å². The maximum atomic E-state index is 14.9. The number of halogens is 2. The molecule has 2 aromatic carbocycles. The lowest BCUT2D eigenvalue weighted by molar-refractivity contribution is -0.126. The van der Waals surface area contributed by atoms with Crippen LogP contribution in [0.25, 0.3) is 28.0 Å². The molecule has 40 heavy (non-hydrogen) atoms. The van der Waals surface area contributed by atoms with Gasteiger partial charge in [-0.25, -0.2) is 18.7 Å². The molecule has 0 saturated carbocycles. The zero-order valence-corrected chi connectivity index (χ0v) is 22.6. The second kappa shape index (κ2) is 10.7.